The smallest absolute Gasteiger partial charge is 0.356 e. The highest BCUT2D eigenvalue weighted by molar-refractivity contribution is 5.79. The Labute approximate surface area is 173 Å². The fourth-order valence-electron chi connectivity index (χ4n) is 4.61. The fourth-order valence-corrected chi connectivity index (χ4v) is 4.61. The van der Waals surface area contributed by atoms with Gasteiger partial charge in [-0.25, -0.2) is 9.97 Å². The Hall–Kier alpha value is -2.64. The summed E-state index contributed by atoms with van der Waals surface area (Å²) < 4.78 is 39.1. The van der Waals surface area contributed by atoms with Gasteiger partial charge in [0.05, 0.1) is 0 Å². The molecule has 0 saturated carbocycles. The van der Waals surface area contributed by atoms with Crippen LogP contribution in [0.5, 0.6) is 0 Å². The van der Waals surface area contributed by atoms with E-state index in [-0.39, 0.29) is 11.4 Å². The summed E-state index contributed by atoms with van der Waals surface area (Å²) in [6.45, 7) is 3.78. The fraction of sp³-hybridized carbons (Fsp3) is 0.500. The Bertz CT molecular complexity index is 915. The van der Waals surface area contributed by atoms with E-state index in [1.807, 2.05) is 28.9 Å². The SMILES string of the molecule is Cc1ccc(CN2C(=O)CC[C@@]23CCCN(c2cc(C(F)(F)F)ncn2)CC3)cc1. The lowest BCUT2D eigenvalue weighted by atomic mass is 9.87. The monoisotopic (exact) mass is 418 g/mol. The molecule has 2 fully saturated rings. The molecule has 5 nitrogen and oxygen atoms in total. The number of benzene rings is 1. The van der Waals surface area contributed by atoms with Crippen molar-refractivity contribution in [2.45, 2.75) is 57.3 Å². The van der Waals surface area contributed by atoms with Crippen molar-refractivity contribution in [1.82, 2.24) is 14.9 Å². The summed E-state index contributed by atoms with van der Waals surface area (Å²) >= 11 is 0. The minimum absolute atomic E-state index is 0.158. The zero-order valence-corrected chi connectivity index (χ0v) is 17.0. The Balaban J connectivity index is 1.52. The predicted molar refractivity (Wildman–Crippen MR) is 107 cm³/mol. The van der Waals surface area contributed by atoms with Gasteiger partial charge in [0, 0.05) is 37.7 Å². The zero-order chi connectivity index (χ0) is 21.4. The van der Waals surface area contributed by atoms with E-state index in [9.17, 15) is 18.0 Å². The summed E-state index contributed by atoms with van der Waals surface area (Å²) in [5, 5.41) is 0. The lowest BCUT2D eigenvalue weighted by Gasteiger charge is -2.38. The number of halogens is 3. The molecule has 4 rings (SSSR count). The van der Waals surface area contributed by atoms with Crippen molar-refractivity contribution in [2.75, 3.05) is 18.0 Å². The van der Waals surface area contributed by atoms with Gasteiger partial charge in [0.2, 0.25) is 5.91 Å². The van der Waals surface area contributed by atoms with Crippen molar-refractivity contribution in [2.24, 2.45) is 0 Å². The van der Waals surface area contributed by atoms with Crippen molar-refractivity contribution in [3.8, 4) is 0 Å². The number of hydrogen-bond donors (Lipinski definition) is 0. The van der Waals surface area contributed by atoms with Crippen LogP contribution in [0.15, 0.2) is 36.7 Å². The summed E-state index contributed by atoms with van der Waals surface area (Å²) in [5.74, 6) is 0.453. The Morgan fingerprint density at radius 2 is 1.83 bits per heavy atom. The van der Waals surface area contributed by atoms with Gasteiger partial charge in [-0.2, -0.15) is 13.2 Å². The average molecular weight is 418 g/mol. The molecule has 2 aliphatic heterocycles. The van der Waals surface area contributed by atoms with E-state index in [1.165, 1.54) is 5.56 Å². The normalized spacial score (nSPS) is 22.6. The molecule has 0 radical (unpaired) electrons. The highest BCUT2D eigenvalue weighted by Gasteiger charge is 2.45. The van der Waals surface area contributed by atoms with Gasteiger partial charge in [-0.3, -0.25) is 4.79 Å². The second kappa shape index (κ2) is 7.89. The molecule has 0 unspecified atom stereocenters. The molecule has 1 atom stereocenters. The molecule has 1 amide bonds. The second-order valence-corrected chi connectivity index (χ2v) is 8.29. The topological polar surface area (TPSA) is 49.3 Å². The summed E-state index contributed by atoms with van der Waals surface area (Å²) in [6, 6.07) is 9.21. The number of nitrogens with zero attached hydrogens (tertiary/aromatic N) is 4. The highest BCUT2D eigenvalue weighted by atomic mass is 19.4. The first-order chi connectivity index (χ1) is 14.3. The minimum Gasteiger partial charge on any atom is -0.356 e. The largest absolute Gasteiger partial charge is 0.433 e. The quantitative estimate of drug-likeness (QED) is 0.743. The van der Waals surface area contributed by atoms with Gasteiger partial charge in [0.15, 0.2) is 0 Å². The molecular weight excluding hydrogens is 393 g/mol. The van der Waals surface area contributed by atoms with Crippen LogP contribution in [0, 0.1) is 6.92 Å². The van der Waals surface area contributed by atoms with Crippen LogP contribution in [-0.2, 0) is 17.5 Å². The van der Waals surface area contributed by atoms with Gasteiger partial charge in [-0.05, 0) is 38.2 Å². The second-order valence-electron chi connectivity index (χ2n) is 8.29. The van der Waals surface area contributed by atoms with Gasteiger partial charge < -0.3 is 9.80 Å². The number of likely N-dealkylation sites (tertiary alicyclic amines) is 1. The van der Waals surface area contributed by atoms with Gasteiger partial charge in [-0.15, -0.1) is 0 Å². The summed E-state index contributed by atoms with van der Waals surface area (Å²) in [5.41, 5.74) is 1.11. The Kier molecular flexibility index (Phi) is 5.42. The number of hydrogen-bond acceptors (Lipinski definition) is 4. The highest BCUT2D eigenvalue weighted by Crippen LogP contribution is 2.41. The molecule has 3 heterocycles. The molecule has 0 N–H and O–H groups in total. The molecule has 160 valence electrons. The van der Waals surface area contributed by atoms with Crippen molar-refractivity contribution >= 4 is 11.7 Å². The van der Waals surface area contributed by atoms with Gasteiger partial charge in [-0.1, -0.05) is 29.8 Å². The van der Waals surface area contributed by atoms with Crippen LogP contribution in [0.4, 0.5) is 19.0 Å². The van der Waals surface area contributed by atoms with Crippen LogP contribution < -0.4 is 4.90 Å². The van der Waals surface area contributed by atoms with Crippen molar-refractivity contribution < 1.29 is 18.0 Å². The molecule has 0 bridgehead atoms. The molecule has 2 saturated heterocycles. The van der Waals surface area contributed by atoms with Gasteiger partial charge in [0.25, 0.3) is 0 Å². The third-order valence-electron chi connectivity index (χ3n) is 6.32. The molecular formula is C22H25F3N4O. The number of carbonyl (C=O) groups is 1. The van der Waals surface area contributed by atoms with Gasteiger partial charge in [0.1, 0.15) is 17.8 Å². The standard InChI is InChI=1S/C22H25F3N4O/c1-16-3-5-17(6-4-16)14-29-20(30)7-9-21(29)8-2-11-28(12-10-21)19-13-18(22(23,24)25)26-15-27-19/h3-6,13,15H,2,7-12,14H2,1H3/t21-/m1/s1. The maximum absolute atomic E-state index is 13.0. The van der Waals surface area contributed by atoms with E-state index in [0.29, 0.717) is 31.9 Å². The first-order valence-electron chi connectivity index (χ1n) is 10.3. The van der Waals surface area contributed by atoms with E-state index in [2.05, 4.69) is 22.1 Å². The first kappa shape index (κ1) is 20.6. The Morgan fingerprint density at radius 1 is 1.07 bits per heavy atom. The summed E-state index contributed by atoms with van der Waals surface area (Å²) in [7, 11) is 0. The first-order valence-corrected chi connectivity index (χ1v) is 10.3. The molecule has 1 aromatic heterocycles. The molecule has 1 spiro atoms. The van der Waals surface area contributed by atoms with E-state index in [4.69, 9.17) is 0 Å². The summed E-state index contributed by atoms with van der Waals surface area (Å²) in [6.07, 6.45) is 0.160. The number of anilines is 1. The number of rotatable bonds is 3. The van der Waals surface area contributed by atoms with Crippen LogP contribution in [0.2, 0.25) is 0 Å². The van der Waals surface area contributed by atoms with Crippen LogP contribution >= 0.6 is 0 Å². The van der Waals surface area contributed by atoms with Crippen LogP contribution in [0.3, 0.4) is 0 Å². The van der Waals surface area contributed by atoms with Crippen LogP contribution in [0.25, 0.3) is 0 Å². The third-order valence-corrected chi connectivity index (χ3v) is 6.32. The van der Waals surface area contributed by atoms with Crippen molar-refractivity contribution in [3.05, 3.63) is 53.5 Å². The number of aromatic nitrogens is 2. The molecule has 8 heteroatoms. The van der Waals surface area contributed by atoms with Gasteiger partial charge >= 0.3 is 6.18 Å². The number of amides is 1. The Morgan fingerprint density at radius 3 is 2.57 bits per heavy atom. The number of carbonyl (C=O) groups excluding carboxylic acids is 1. The molecule has 0 aliphatic carbocycles. The van der Waals surface area contributed by atoms with E-state index >= 15 is 0 Å². The minimum atomic E-state index is -4.49. The molecule has 2 aliphatic rings. The maximum atomic E-state index is 13.0. The third kappa shape index (κ3) is 4.13. The predicted octanol–water partition coefficient (Wildman–Crippen LogP) is 4.36. The van der Waals surface area contributed by atoms with Crippen molar-refractivity contribution in [3.63, 3.8) is 0 Å². The summed E-state index contributed by atoms with van der Waals surface area (Å²) in [4.78, 5) is 24.0. The lowest BCUT2D eigenvalue weighted by Crippen LogP contribution is -2.46. The number of alkyl halides is 3. The maximum Gasteiger partial charge on any atom is 0.433 e. The van der Waals surface area contributed by atoms with Crippen LogP contribution in [-0.4, -0.2) is 39.4 Å². The van der Waals surface area contributed by atoms with E-state index in [0.717, 1.165) is 43.6 Å². The lowest BCUT2D eigenvalue weighted by molar-refractivity contribution is -0.141. The zero-order valence-electron chi connectivity index (χ0n) is 17.0. The number of aryl methyl sites for hydroxylation is 1. The van der Waals surface area contributed by atoms with E-state index < -0.39 is 11.9 Å². The average Bonchev–Trinajstić information content (AvgIpc) is 2.89. The molecule has 1 aromatic carbocycles. The van der Waals surface area contributed by atoms with Crippen LogP contribution in [0.1, 0.15) is 48.9 Å². The molecule has 30 heavy (non-hydrogen) atoms. The molecule has 2 aromatic rings. The van der Waals surface area contributed by atoms with E-state index in [1.54, 1.807) is 0 Å². The van der Waals surface area contributed by atoms with Crippen molar-refractivity contribution in [1.29, 1.82) is 0 Å².